The summed E-state index contributed by atoms with van der Waals surface area (Å²) in [7, 11) is 3.99. The Balaban J connectivity index is 0.00000180. The zero-order valence-electron chi connectivity index (χ0n) is 12.6. The zero-order valence-corrected chi connectivity index (χ0v) is 13.4. The van der Waals surface area contributed by atoms with Crippen LogP contribution in [0, 0.1) is 0 Å². The fraction of sp³-hybridized carbons (Fsp3) is 0.929. The van der Waals surface area contributed by atoms with E-state index in [-0.39, 0.29) is 24.4 Å². The average Bonchev–Trinajstić information content (AvgIpc) is 2.66. The van der Waals surface area contributed by atoms with Gasteiger partial charge in [-0.1, -0.05) is 0 Å². The lowest BCUT2D eigenvalue weighted by molar-refractivity contribution is -0.133. The molecule has 2 aliphatic heterocycles. The molecule has 2 fully saturated rings. The Morgan fingerprint density at radius 1 is 1.21 bits per heavy atom. The summed E-state index contributed by atoms with van der Waals surface area (Å²) in [4.78, 5) is 16.2. The predicted octanol–water partition coefficient (Wildman–Crippen LogP) is 1.49. The monoisotopic (exact) mass is 289 g/mol. The van der Waals surface area contributed by atoms with E-state index in [0.717, 1.165) is 0 Å². The van der Waals surface area contributed by atoms with Gasteiger partial charge in [-0.2, -0.15) is 0 Å². The van der Waals surface area contributed by atoms with Crippen LogP contribution in [0.3, 0.4) is 0 Å². The van der Waals surface area contributed by atoms with Crippen molar-refractivity contribution in [1.29, 1.82) is 0 Å². The van der Waals surface area contributed by atoms with E-state index < -0.39 is 0 Å². The van der Waals surface area contributed by atoms with Gasteiger partial charge in [-0.25, -0.2) is 0 Å². The van der Waals surface area contributed by atoms with Gasteiger partial charge in [-0.3, -0.25) is 9.69 Å². The van der Waals surface area contributed by atoms with Crippen molar-refractivity contribution in [1.82, 2.24) is 15.1 Å². The first-order valence-corrected chi connectivity index (χ1v) is 7.19. The fourth-order valence-electron chi connectivity index (χ4n) is 3.13. The summed E-state index contributed by atoms with van der Waals surface area (Å²) in [6, 6.07) is 2.24. The molecular formula is C14H28ClN3O. The summed E-state index contributed by atoms with van der Waals surface area (Å²) >= 11 is 0. The summed E-state index contributed by atoms with van der Waals surface area (Å²) in [6.45, 7) is 4.67. The van der Waals surface area contributed by atoms with Gasteiger partial charge in [0.15, 0.2) is 0 Å². The number of nitrogens with one attached hydrogen (secondary N) is 1. The zero-order chi connectivity index (χ0) is 13.3. The lowest BCUT2D eigenvalue weighted by Gasteiger charge is -2.36. The van der Waals surface area contributed by atoms with E-state index in [1.807, 2.05) is 11.9 Å². The Labute approximate surface area is 123 Å². The summed E-state index contributed by atoms with van der Waals surface area (Å²) in [5.41, 5.74) is 0. The topological polar surface area (TPSA) is 35.6 Å². The molecule has 2 saturated heterocycles. The molecule has 2 rings (SSSR count). The number of carbonyl (C=O) groups is 1. The standard InChI is InChI=1S/C14H27N3O.ClH/c1-10(2)17(4)14(18)9-16(3)13-7-11-5-6-12(8-13)15-11;/h10-13,15H,5-9H2,1-4H3;1H. The molecule has 0 radical (unpaired) electrons. The minimum Gasteiger partial charge on any atom is -0.342 e. The Bertz CT molecular complexity index is 299. The van der Waals surface area contributed by atoms with Gasteiger partial charge in [0.25, 0.3) is 0 Å². The molecule has 0 aromatic carbocycles. The van der Waals surface area contributed by atoms with Crippen LogP contribution in [-0.2, 0) is 4.79 Å². The Morgan fingerprint density at radius 3 is 2.21 bits per heavy atom. The molecule has 5 heteroatoms. The molecule has 0 aromatic heterocycles. The number of fused-ring (bicyclic) bond motifs is 2. The number of carbonyl (C=O) groups excluding carboxylic acids is 1. The van der Waals surface area contributed by atoms with E-state index in [4.69, 9.17) is 0 Å². The number of amides is 1. The molecule has 0 aliphatic carbocycles. The number of hydrogen-bond donors (Lipinski definition) is 1. The predicted molar refractivity (Wildman–Crippen MR) is 80.8 cm³/mol. The van der Waals surface area contributed by atoms with Crippen molar-refractivity contribution >= 4 is 18.3 Å². The average molecular weight is 290 g/mol. The van der Waals surface area contributed by atoms with E-state index in [2.05, 4.69) is 31.1 Å². The summed E-state index contributed by atoms with van der Waals surface area (Å²) in [5, 5.41) is 3.65. The lowest BCUT2D eigenvalue weighted by atomic mass is 9.98. The highest BCUT2D eigenvalue weighted by Crippen LogP contribution is 2.29. The molecule has 2 atom stereocenters. The third-order valence-electron chi connectivity index (χ3n) is 4.62. The van der Waals surface area contributed by atoms with Crippen molar-refractivity contribution in [2.24, 2.45) is 0 Å². The van der Waals surface area contributed by atoms with Gasteiger partial charge in [0.2, 0.25) is 5.91 Å². The quantitative estimate of drug-likeness (QED) is 0.852. The van der Waals surface area contributed by atoms with Crippen LogP contribution in [0.5, 0.6) is 0 Å². The van der Waals surface area contributed by atoms with Gasteiger partial charge in [0.1, 0.15) is 0 Å². The largest absolute Gasteiger partial charge is 0.342 e. The van der Waals surface area contributed by atoms with Gasteiger partial charge in [0, 0.05) is 31.2 Å². The van der Waals surface area contributed by atoms with Crippen LogP contribution in [0.2, 0.25) is 0 Å². The van der Waals surface area contributed by atoms with Crippen LogP contribution in [0.1, 0.15) is 39.5 Å². The fourth-order valence-corrected chi connectivity index (χ4v) is 3.13. The minimum absolute atomic E-state index is 0. The van der Waals surface area contributed by atoms with Gasteiger partial charge in [-0.15, -0.1) is 12.4 Å². The molecular weight excluding hydrogens is 262 g/mol. The summed E-state index contributed by atoms with van der Waals surface area (Å²) in [6.07, 6.45) is 5.03. The van der Waals surface area contributed by atoms with Crippen molar-refractivity contribution in [2.75, 3.05) is 20.6 Å². The van der Waals surface area contributed by atoms with Crippen molar-refractivity contribution in [3.05, 3.63) is 0 Å². The van der Waals surface area contributed by atoms with Crippen molar-refractivity contribution in [2.45, 2.75) is 63.7 Å². The van der Waals surface area contributed by atoms with Crippen LogP contribution in [-0.4, -0.2) is 60.5 Å². The van der Waals surface area contributed by atoms with Crippen molar-refractivity contribution in [3.8, 4) is 0 Å². The smallest absolute Gasteiger partial charge is 0.236 e. The van der Waals surface area contributed by atoms with Crippen LogP contribution in [0.15, 0.2) is 0 Å². The SMILES string of the molecule is CC(C)N(C)C(=O)CN(C)C1CC2CCC(C1)N2.Cl. The molecule has 2 aliphatic rings. The summed E-state index contributed by atoms with van der Waals surface area (Å²) in [5.74, 6) is 0.235. The molecule has 1 amide bonds. The maximum absolute atomic E-state index is 12.1. The van der Waals surface area contributed by atoms with Gasteiger partial charge >= 0.3 is 0 Å². The molecule has 0 saturated carbocycles. The Kier molecular flexibility index (Phi) is 6.09. The first kappa shape index (κ1) is 16.7. The van der Waals surface area contributed by atoms with E-state index in [0.29, 0.717) is 24.7 Å². The second-order valence-electron chi connectivity index (χ2n) is 6.28. The number of likely N-dealkylation sites (N-methyl/N-ethyl adjacent to an activating group) is 2. The molecule has 19 heavy (non-hydrogen) atoms. The van der Waals surface area contributed by atoms with E-state index in [1.54, 1.807) is 0 Å². The van der Waals surface area contributed by atoms with Crippen molar-refractivity contribution < 1.29 is 4.79 Å². The molecule has 4 nitrogen and oxygen atoms in total. The van der Waals surface area contributed by atoms with E-state index in [9.17, 15) is 4.79 Å². The third kappa shape index (κ3) is 4.07. The molecule has 0 aromatic rings. The molecule has 2 bridgehead atoms. The number of halogens is 1. The third-order valence-corrected chi connectivity index (χ3v) is 4.62. The minimum atomic E-state index is 0. The molecule has 1 N–H and O–H groups in total. The second kappa shape index (κ2) is 6.91. The molecule has 0 spiro atoms. The molecule has 2 heterocycles. The normalized spacial score (nSPS) is 29.5. The Morgan fingerprint density at radius 2 is 1.74 bits per heavy atom. The number of piperidine rings is 1. The first-order chi connectivity index (χ1) is 8.47. The second-order valence-corrected chi connectivity index (χ2v) is 6.28. The van der Waals surface area contributed by atoms with Crippen LogP contribution >= 0.6 is 12.4 Å². The highest BCUT2D eigenvalue weighted by atomic mass is 35.5. The number of rotatable bonds is 4. The van der Waals surface area contributed by atoms with Gasteiger partial charge in [-0.05, 0) is 46.6 Å². The first-order valence-electron chi connectivity index (χ1n) is 7.19. The summed E-state index contributed by atoms with van der Waals surface area (Å²) < 4.78 is 0. The van der Waals surface area contributed by atoms with Crippen molar-refractivity contribution in [3.63, 3.8) is 0 Å². The van der Waals surface area contributed by atoms with Crippen LogP contribution < -0.4 is 5.32 Å². The van der Waals surface area contributed by atoms with Gasteiger partial charge < -0.3 is 10.2 Å². The lowest BCUT2D eigenvalue weighted by Crippen LogP contribution is -2.50. The maximum atomic E-state index is 12.1. The maximum Gasteiger partial charge on any atom is 0.236 e. The van der Waals surface area contributed by atoms with Gasteiger partial charge in [0.05, 0.1) is 6.54 Å². The number of nitrogens with zero attached hydrogens (tertiary/aromatic N) is 2. The van der Waals surface area contributed by atoms with E-state index >= 15 is 0 Å². The number of hydrogen-bond acceptors (Lipinski definition) is 3. The Hall–Kier alpha value is -0.320. The highest BCUT2D eigenvalue weighted by Gasteiger charge is 2.35. The van der Waals surface area contributed by atoms with E-state index in [1.165, 1.54) is 25.7 Å². The van der Waals surface area contributed by atoms with Crippen LogP contribution in [0.4, 0.5) is 0 Å². The van der Waals surface area contributed by atoms with Crippen LogP contribution in [0.25, 0.3) is 0 Å². The molecule has 2 unspecified atom stereocenters. The highest BCUT2D eigenvalue weighted by molar-refractivity contribution is 5.85. The molecule has 112 valence electrons.